The molecule has 7 nitrogen and oxygen atoms in total. The van der Waals surface area contributed by atoms with Gasteiger partial charge in [-0.2, -0.15) is 0 Å². The van der Waals surface area contributed by atoms with Gasteiger partial charge in [-0.1, -0.05) is 6.07 Å². The first-order valence-electron chi connectivity index (χ1n) is 10.2. The van der Waals surface area contributed by atoms with Crippen LogP contribution in [-0.4, -0.2) is 57.3 Å². The molecule has 2 rings (SSSR count). The number of ether oxygens (including phenoxy) is 3. The maximum absolute atomic E-state index is 5.66. The van der Waals surface area contributed by atoms with Gasteiger partial charge in [0, 0.05) is 33.1 Å². The highest BCUT2D eigenvalue weighted by molar-refractivity contribution is 14.0. The Kier molecular flexibility index (Phi) is 12.8. The molecule has 1 aromatic carbocycles. The summed E-state index contributed by atoms with van der Waals surface area (Å²) in [5.74, 6) is 2.42. The van der Waals surface area contributed by atoms with Crippen LogP contribution in [0.1, 0.15) is 42.6 Å². The molecule has 1 heterocycles. The third kappa shape index (κ3) is 8.46. The van der Waals surface area contributed by atoms with E-state index in [2.05, 4.69) is 37.7 Å². The quantitative estimate of drug-likeness (QED) is 0.188. The van der Waals surface area contributed by atoms with E-state index in [1.807, 2.05) is 27.0 Å². The number of nitrogens with zero attached hydrogens (tertiary/aromatic N) is 3. The number of rotatable bonds is 11. The molecule has 2 aromatic rings. The molecule has 9 heteroatoms. The smallest absolute Gasteiger partial charge is 0.193 e. The van der Waals surface area contributed by atoms with Crippen molar-refractivity contribution in [3.63, 3.8) is 0 Å². The lowest BCUT2D eigenvalue weighted by Crippen LogP contribution is -2.39. The molecule has 0 fully saturated rings. The van der Waals surface area contributed by atoms with Gasteiger partial charge < -0.3 is 24.4 Å². The Morgan fingerprint density at radius 1 is 1.29 bits per heavy atom. The van der Waals surface area contributed by atoms with Gasteiger partial charge in [-0.3, -0.25) is 4.99 Å². The fourth-order valence-electron chi connectivity index (χ4n) is 3.02. The molecule has 1 aromatic heterocycles. The number of aryl methyl sites for hydroxylation is 1. The van der Waals surface area contributed by atoms with Crippen LogP contribution < -0.4 is 14.8 Å². The highest BCUT2D eigenvalue weighted by Gasteiger charge is 2.12. The molecular weight excluding hydrogens is 527 g/mol. The molecule has 31 heavy (non-hydrogen) atoms. The predicted octanol–water partition coefficient (Wildman–Crippen LogP) is 4.52. The van der Waals surface area contributed by atoms with Crippen LogP contribution in [0, 0.1) is 0 Å². The highest BCUT2D eigenvalue weighted by Crippen LogP contribution is 2.28. The molecule has 0 aliphatic rings. The summed E-state index contributed by atoms with van der Waals surface area (Å²) in [5.41, 5.74) is 2.25. The van der Waals surface area contributed by atoms with Gasteiger partial charge in [-0.15, -0.1) is 35.3 Å². The van der Waals surface area contributed by atoms with Crippen molar-refractivity contribution in [3.8, 4) is 11.5 Å². The lowest BCUT2D eigenvalue weighted by atomic mass is 10.1. The van der Waals surface area contributed by atoms with Gasteiger partial charge in [0.05, 0.1) is 26.0 Å². The van der Waals surface area contributed by atoms with E-state index in [-0.39, 0.29) is 30.1 Å². The summed E-state index contributed by atoms with van der Waals surface area (Å²) in [5, 5.41) is 6.51. The van der Waals surface area contributed by atoms with Crippen molar-refractivity contribution in [1.82, 2.24) is 15.2 Å². The maximum Gasteiger partial charge on any atom is 0.193 e. The van der Waals surface area contributed by atoms with E-state index < -0.39 is 0 Å². The second-order valence-electron chi connectivity index (χ2n) is 6.91. The van der Waals surface area contributed by atoms with Crippen molar-refractivity contribution < 1.29 is 14.2 Å². The van der Waals surface area contributed by atoms with Gasteiger partial charge in [-0.25, -0.2) is 4.98 Å². The number of aromatic nitrogens is 1. The highest BCUT2D eigenvalue weighted by atomic mass is 127. The summed E-state index contributed by atoms with van der Waals surface area (Å²) < 4.78 is 16.4. The molecule has 0 saturated heterocycles. The molecule has 1 unspecified atom stereocenters. The lowest BCUT2D eigenvalue weighted by Gasteiger charge is -2.21. The molecule has 0 radical (unpaired) electrons. The van der Waals surface area contributed by atoms with Crippen LogP contribution in [0.2, 0.25) is 0 Å². The Balaban J connectivity index is 0.00000480. The van der Waals surface area contributed by atoms with Crippen molar-refractivity contribution in [3.05, 3.63) is 39.8 Å². The zero-order valence-electron chi connectivity index (χ0n) is 19.3. The molecular formula is C22H35IN4O3S. The Morgan fingerprint density at radius 3 is 2.71 bits per heavy atom. The fraction of sp³-hybridized carbons (Fsp3) is 0.545. The summed E-state index contributed by atoms with van der Waals surface area (Å²) in [7, 11) is 7.18. The summed E-state index contributed by atoms with van der Waals surface area (Å²) in [4.78, 5) is 11.1. The lowest BCUT2D eigenvalue weighted by molar-refractivity contribution is 0.119. The molecule has 0 amide bonds. The van der Waals surface area contributed by atoms with E-state index in [0.717, 1.165) is 47.5 Å². The van der Waals surface area contributed by atoms with Gasteiger partial charge in [0.25, 0.3) is 0 Å². The van der Waals surface area contributed by atoms with Crippen molar-refractivity contribution in [2.45, 2.75) is 39.3 Å². The average molecular weight is 563 g/mol. The number of guanidine groups is 1. The number of hydrogen-bond donors (Lipinski definition) is 1. The van der Waals surface area contributed by atoms with Crippen LogP contribution in [0.25, 0.3) is 0 Å². The summed E-state index contributed by atoms with van der Waals surface area (Å²) >= 11 is 1.63. The monoisotopic (exact) mass is 562 g/mol. The first-order valence-corrected chi connectivity index (χ1v) is 11.1. The first kappa shape index (κ1) is 27.4. The van der Waals surface area contributed by atoms with Crippen LogP contribution in [0.3, 0.4) is 0 Å². The summed E-state index contributed by atoms with van der Waals surface area (Å²) in [6.07, 6.45) is 1.95. The number of thiazole rings is 1. The van der Waals surface area contributed by atoms with E-state index in [4.69, 9.17) is 14.2 Å². The maximum atomic E-state index is 5.66. The normalized spacial score (nSPS) is 12.1. The minimum absolute atomic E-state index is 0. The zero-order chi connectivity index (χ0) is 21.9. The van der Waals surface area contributed by atoms with Crippen LogP contribution in [0.5, 0.6) is 11.5 Å². The second-order valence-corrected chi connectivity index (χ2v) is 7.80. The van der Waals surface area contributed by atoms with E-state index in [1.54, 1.807) is 32.6 Å². The SMILES string of the molecule is CCOc1cc(CCCNC(=NC)N(C)Cc2csc(C(C)OC)n2)ccc1OC.I. The van der Waals surface area contributed by atoms with Crippen molar-refractivity contribution in [1.29, 1.82) is 0 Å². The van der Waals surface area contributed by atoms with Gasteiger partial charge in [0.1, 0.15) is 11.1 Å². The molecule has 0 spiro atoms. The van der Waals surface area contributed by atoms with E-state index in [0.29, 0.717) is 13.2 Å². The Labute approximate surface area is 207 Å². The third-order valence-electron chi connectivity index (χ3n) is 4.70. The Hall–Kier alpha value is -1.59. The summed E-state index contributed by atoms with van der Waals surface area (Å²) in [6.45, 7) is 6.13. The van der Waals surface area contributed by atoms with Gasteiger partial charge >= 0.3 is 0 Å². The number of benzene rings is 1. The molecule has 1 atom stereocenters. The van der Waals surface area contributed by atoms with Crippen LogP contribution in [0.4, 0.5) is 0 Å². The molecule has 0 bridgehead atoms. The third-order valence-corrected chi connectivity index (χ3v) is 5.75. The second kappa shape index (κ2) is 14.5. The largest absolute Gasteiger partial charge is 0.493 e. The number of hydrogen-bond acceptors (Lipinski definition) is 6. The topological polar surface area (TPSA) is 68.2 Å². The minimum atomic E-state index is 0. The van der Waals surface area contributed by atoms with E-state index >= 15 is 0 Å². The van der Waals surface area contributed by atoms with Gasteiger partial charge in [-0.05, 0) is 44.4 Å². The van der Waals surface area contributed by atoms with E-state index in [9.17, 15) is 0 Å². The fourth-order valence-corrected chi connectivity index (χ4v) is 3.86. The number of halogens is 1. The Bertz CT molecular complexity index is 816. The van der Waals surface area contributed by atoms with Crippen LogP contribution in [-0.2, 0) is 17.7 Å². The number of nitrogens with one attached hydrogen (secondary N) is 1. The van der Waals surface area contributed by atoms with Crippen molar-refractivity contribution in [2.24, 2.45) is 4.99 Å². The number of methoxy groups -OCH3 is 2. The molecule has 0 aliphatic heterocycles. The van der Waals surface area contributed by atoms with Gasteiger partial charge in [0.15, 0.2) is 17.5 Å². The van der Waals surface area contributed by atoms with Crippen LogP contribution in [0.15, 0.2) is 28.6 Å². The minimum Gasteiger partial charge on any atom is -0.493 e. The predicted molar refractivity (Wildman–Crippen MR) is 138 cm³/mol. The van der Waals surface area contributed by atoms with Crippen molar-refractivity contribution in [2.75, 3.05) is 41.5 Å². The Morgan fingerprint density at radius 2 is 2.06 bits per heavy atom. The molecule has 0 saturated carbocycles. The van der Waals surface area contributed by atoms with Gasteiger partial charge in [0.2, 0.25) is 0 Å². The standard InChI is InChI=1S/C22H34N4O3S.HI/c1-7-29-20-13-17(10-11-19(20)28-6)9-8-12-24-22(23-3)26(4)14-18-15-30-21(25-18)16(2)27-5;/h10-11,13,15-16H,7-9,12,14H2,1-6H3,(H,23,24);1H. The average Bonchev–Trinajstić information content (AvgIpc) is 3.22. The van der Waals surface area contributed by atoms with Crippen LogP contribution >= 0.6 is 35.3 Å². The molecule has 1 N–H and O–H groups in total. The van der Waals surface area contributed by atoms with Crippen molar-refractivity contribution >= 4 is 41.3 Å². The molecule has 0 aliphatic carbocycles. The zero-order valence-corrected chi connectivity index (χ0v) is 22.5. The molecule has 174 valence electrons. The number of aliphatic imine (C=N–C) groups is 1. The van der Waals surface area contributed by atoms with E-state index in [1.165, 1.54) is 5.56 Å². The summed E-state index contributed by atoms with van der Waals surface area (Å²) in [6, 6.07) is 6.11. The first-order chi connectivity index (χ1) is 14.5.